The van der Waals surface area contributed by atoms with Crippen LogP contribution in [0.1, 0.15) is 21.5 Å². The summed E-state index contributed by atoms with van der Waals surface area (Å²) in [6.07, 6.45) is 3.19. The molecule has 0 spiro atoms. The number of anilines is 1. The van der Waals surface area contributed by atoms with Crippen molar-refractivity contribution in [3.05, 3.63) is 94.8 Å². The van der Waals surface area contributed by atoms with Crippen molar-refractivity contribution in [3.63, 3.8) is 0 Å². The fourth-order valence-corrected chi connectivity index (χ4v) is 2.45. The van der Waals surface area contributed by atoms with E-state index in [1.807, 2.05) is 48.5 Å². The fraction of sp³-hybridized carbons (Fsp3) is 0.100. The number of pyridine rings is 1. The summed E-state index contributed by atoms with van der Waals surface area (Å²) in [4.78, 5) is 16.2. The molecule has 0 unspecified atom stereocenters. The van der Waals surface area contributed by atoms with Crippen LogP contribution in [-0.2, 0) is 18.0 Å². The smallest absolute Gasteiger partial charge is 0.255 e. The number of carbonyl (C=O) groups is 1. The van der Waals surface area contributed by atoms with Gasteiger partial charge in [0, 0.05) is 34.2 Å². The number of amides is 1. The Hall–Kier alpha value is -2.69. The van der Waals surface area contributed by atoms with Crippen LogP contribution in [0, 0.1) is 0 Å². The van der Waals surface area contributed by atoms with Gasteiger partial charge in [0.05, 0.1) is 13.2 Å². The average Bonchev–Trinajstić information content (AvgIpc) is 2.65. The van der Waals surface area contributed by atoms with Gasteiger partial charge in [0.1, 0.15) is 0 Å². The molecule has 0 saturated heterocycles. The molecule has 4 nitrogen and oxygen atoms in total. The van der Waals surface area contributed by atoms with Gasteiger partial charge in [-0.1, -0.05) is 41.9 Å². The number of halogens is 1. The van der Waals surface area contributed by atoms with Gasteiger partial charge in [-0.25, -0.2) is 0 Å². The number of hydrogen-bond acceptors (Lipinski definition) is 3. The number of nitrogens with one attached hydrogen (secondary N) is 1. The Kier molecular flexibility index (Phi) is 5.77. The summed E-state index contributed by atoms with van der Waals surface area (Å²) in [5.41, 5.74) is 3.26. The lowest BCUT2D eigenvalue weighted by Crippen LogP contribution is -2.13. The number of rotatable bonds is 6. The van der Waals surface area contributed by atoms with E-state index in [1.54, 1.807) is 24.5 Å². The van der Waals surface area contributed by atoms with Crippen molar-refractivity contribution in [2.45, 2.75) is 13.2 Å². The lowest BCUT2D eigenvalue weighted by molar-refractivity contribution is 0.102. The van der Waals surface area contributed by atoms with Crippen molar-refractivity contribution in [1.29, 1.82) is 0 Å². The quantitative estimate of drug-likeness (QED) is 0.699. The van der Waals surface area contributed by atoms with E-state index in [-0.39, 0.29) is 5.91 Å². The first-order valence-corrected chi connectivity index (χ1v) is 8.21. The first kappa shape index (κ1) is 17.1. The maximum atomic E-state index is 12.3. The molecule has 0 aliphatic heterocycles. The molecule has 2 aromatic carbocycles. The molecular weight excluding hydrogens is 336 g/mol. The second-order valence-electron chi connectivity index (χ2n) is 5.47. The third kappa shape index (κ3) is 4.89. The largest absolute Gasteiger partial charge is 0.372 e. The topological polar surface area (TPSA) is 51.2 Å². The maximum absolute atomic E-state index is 12.3. The van der Waals surface area contributed by atoms with Crippen LogP contribution in [-0.4, -0.2) is 10.9 Å². The summed E-state index contributed by atoms with van der Waals surface area (Å²) < 4.78 is 5.77. The third-order valence-corrected chi connectivity index (χ3v) is 3.90. The predicted molar refractivity (Wildman–Crippen MR) is 98.6 cm³/mol. The van der Waals surface area contributed by atoms with Crippen molar-refractivity contribution < 1.29 is 9.53 Å². The molecule has 5 heteroatoms. The molecule has 0 radical (unpaired) electrons. The Bertz CT molecular complexity index is 836. The standard InChI is InChI=1S/C20H17ClN2O2/c21-18-7-5-15(6-8-18)13-25-14-17-3-1-2-4-19(17)23-20(24)16-9-11-22-12-10-16/h1-12H,13-14H2,(H,23,24). The van der Waals surface area contributed by atoms with E-state index in [0.29, 0.717) is 23.8 Å². The Morgan fingerprint density at radius 2 is 1.68 bits per heavy atom. The lowest BCUT2D eigenvalue weighted by atomic mass is 10.1. The van der Waals surface area contributed by atoms with Crippen molar-refractivity contribution in [2.24, 2.45) is 0 Å². The minimum atomic E-state index is -0.174. The first-order chi connectivity index (χ1) is 12.2. The molecule has 0 atom stereocenters. The Labute approximate surface area is 151 Å². The number of carbonyl (C=O) groups excluding carboxylic acids is 1. The highest BCUT2D eigenvalue weighted by Gasteiger charge is 2.08. The number of nitrogens with zero attached hydrogens (tertiary/aromatic N) is 1. The van der Waals surface area contributed by atoms with Gasteiger partial charge < -0.3 is 10.1 Å². The molecule has 0 aliphatic carbocycles. The SMILES string of the molecule is O=C(Nc1ccccc1COCc1ccc(Cl)cc1)c1ccncc1. The van der Waals surface area contributed by atoms with Crippen molar-refractivity contribution in [2.75, 3.05) is 5.32 Å². The molecule has 0 fully saturated rings. The van der Waals surface area contributed by atoms with E-state index in [1.165, 1.54) is 0 Å². The molecule has 3 aromatic rings. The lowest BCUT2D eigenvalue weighted by Gasteiger charge is -2.12. The summed E-state index contributed by atoms with van der Waals surface area (Å²) in [7, 11) is 0. The first-order valence-electron chi connectivity index (χ1n) is 7.84. The normalized spacial score (nSPS) is 10.4. The van der Waals surface area contributed by atoms with E-state index in [4.69, 9.17) is 16.3 Å². The van der Waals surface area contributed by atoms with Crippen molar-refractivity contribution >= 4 is 23.2 Å². The van der Waals surface area contributed by atoms with Gasteiger partial charge in [-0.05, 0) is 35.9 Å². The zero-order valence-corrected chi connectivity index (χ0v) is 14.2. The van der Waals surface area contributed by atoms with Gasteiger partial charge in [-0.2, -0.15) is 0 Å². The van der Waals surface area contributed by atoms with Crippen LogP contribution in [0.25, 0.3) is 0 Å². The zero-order chi connectivity index (χ0) is 17.5. The van der Waals surface area contributed by atoms with Gasteiger partial charge in [-0.3, -0.25) is 9.78 Å². The number of para-hydroxylation sites is 1. The fourth-order valence-electron chi connectivity index (χ4n) is 2.33. The van der Waals surface area contributed by atoms with E-state index in [2.05, 4.69) is 10.3 Å². The second-order valence-corrected chi connectivity index (χ2v) is 5.90. The van der Waals surface area contributed by atoms with Gasteiger partial charge in [0.15, 0.2) is 0 Å². The average molecular weight is 353 g/mol. The van der Waals surface area contributed by atoms with Crippen LogP contribution >= 0.6 is 11.6 Å². The highest BCUT2D eigenvalue weighted by atomic mass is 35.5. The van der Waals surface area contributed by atoms with Gasteiger partial charge in [0.2, 0.25) is 0 Å². The highest BCUT2D eigenvalue weighted by molar-refractivity contribution is 6.30. The van der Waals surface area contributed by atoms with Crippen LogP contribution in [0.3, 0.4) is 0 Å². The molecule has 1 amide bonds. The molecule has 126 valence electrons. The highest BCUT2D eigenvalue weighted by Crippen LogP contribution is 2.18. The molecular formula is C20H17ClN2O2. The molecule has 1 aromatic heterocycles. The summed E-state index contributed by atoms with van der Waals surface area (Å²) in [6.45, 7) is 0.874. The minimum Gasteiger partial charge on any atom is -0.372 e. The van der Waals surface area contributed by atoms with E-state index in [9.17, 15) is 4.79 Å². The molecule has 1 heterocycles. The van der Waals surface area contributed by atoms with Crippen molar-refractivity contribution in [3.8, 4) is 0 Å². The molecule has 0 aliphatic rings. The van der Waals surface area contributed by atoms with Crippen molar-refractivity contribution in [1.82, 2.24) is 4.98 Å². The Morgan fingerprint density at radius 1 is 0.960 bits per heavy atom. The minimum absolute atomic E-state index is 0.174. The van der Waals surface area contributed by atoms with Crippen LogP contribution in [0.5, 0.6) is 0 Å². The van der Waals surface area contributed by atoms with E-state index >= 15 is 0 Å². The number of aromatic nitrogens is 1. The van der Waals surface area contributed by atoms with Gasteiger partial charge >= 0.3 is 0 Å². The van der Waals surface area contributed by atoms with Crippen LogP contribution < -0.4 is 5.32 Å². The zero-order valence-electron chi connectivity index (χ0n) is 13.5. The van der Waals surface area contributed by atoms with Crippen LogP contribution in [0.2, 0.25) is 5.02 Å². The monoisotopic (exact) mass is 352 g/mol. The van der Waals surface area contributed by atoms with Crippen LogP contribution in [0.4, 0.5) is 5.69 Å². The number of benzene rings is 2. The second kappa shape index (κ2) is 8.42. The predicted octanol–water partition coefficient (Wildman–Crippen LogP) is 4.70. The molecule has 3 rings (SSSR count). The van der Waals surface area contributed by atoms with Gasteiger partial charge in [0.25, 0.3) is 5.91 Å². The molecule has 0 saturated carbocycles. The maximum Gasteiger partial charge on any atom is 0.255 e. The molecule has 0 bridgehead atoms. The summed E-state index contributed by atoms with van der Waals surface area (Å²) in [5, 5.41) is 3.62. The number of hydrogen-bond donors (Lipinski definition) is 1. The van der Waals surface area contributed by atoms with E-state index in [0.717, 1.165) is 16.8 Å². The molecule has 1 N–H and O–H groups in total. The van der Waals surface area contributed by atoms with E-state index < -0.39 is 0 Å². The number of ether oxygens (including phenoxy) is 1. The summed E-state index contributed by atoms with van der Waals surface area (Å²) >= 11 is 5.88. The molecule has 25 heavy (non-hydrogen) atoms. The Balaban J connectivity index is 1.62. The summed E-state index contributed by atoms with van der Waals surface area (Å²) in [5.74, 6) is -0.174. The van der Waals surface area contributed by atoms with Crippen LogP contribution in [0.15, 0.2) is 73.1 Å². The summed E-state index contributed by atoms with van der Waals surface area (Å²) in [6, 6.07) is 18.5. The van der Waals surface area contributed by atoms with Gasteiger partial charge in [-0.15, -0.1) is 0 Å². The Morgan fingerprint density at radius 3 is 2.44 bits per heavy atom. The third-order valence-electron chi connectivity index (χ3n) is 3.65.